The van der Waals surface area contributed by atoms with Crippen LogP contribution in [-0.2, 0) is 13.0 Å². The van der Waals surface area contributed by atoms with E-state index in [2.05, 4.69) is 46.6 Å². The molecule has 1 fully saturated rings. The summed E-state index contributed by atoms with van der Waals surface area (Å²) >= 11 is 0. The largest absolute Gasteiger partial charge is 0.390 e. The first-order chi connectivity index (χ1) is 14.1. The SMILES string of the molecule is CCn1cnc2c(N[C@H]3CCN(C)C3)nc(N[C@@H]3c4ccccc4C[C@@H]3O)nc21. The smallest absolute Gasteiger partial charge is 0.227 e. The van der Waals surface area contributed by atoms with Gasteiger partial charge in [0.25, 0.3) is 0 Å². The number of aryl methyl sites for hydroxylation is 1. The molecule has 1 aliphatic heterocycles. The molecule has 0 saturated carbocycles. The van der Waals surface area contributed by atoms with Crippen molar-refractivity contribution in [3.8, 4) is 0 Å². The molecule has 0 amide bonds. The number of benzene rings is 1. The predicted molar refractivity (Wildman–Crippen MR) is 113 cm³/mol. The van der Waals surface area contributed by atoms with Crippen LogP contribution in [0.25, 0.3) is 11.2 Å². The minimum Gasteiger partial charge on any atom is -0.390 e. The highest BCUT2D eigenvalue weighted by molar-refractivity contribution is 5.84. The van der Waals surface area contributed by atoms with Crippen LogP contribution in [0.3, 0.4) is 0 Å². The van der Waals surface area contributed by atoms with Gasteiger partial charge in [-0.25, -0.2) is 4.98 Å². The summed E-state index contributed by atoms with van der Waals surface area (Å²) in [7, 11) is 2.13. The molecule has 0 unspecified atom stereocenters. The normalized spacial score (nSPS) is 24.2. The van der Waals surface area contributed by atoms with E-state index in [-0.39, 0.29) is 6.04 Å². The molecule has 0 radical (unpaired) electrons. The van der Waals surface area contributed by atoms with Gasteiger partial charge in [-0.15, -0.1) is 0 Å². The number of rotatable bonds is 5. The number of anilines is 2. The molecule has 3 heterocycles. The molecular weight excluding hydrogens is 366 g/mol. The molecule has 3 atom stereocenters. The van der Waals surface area contributed by atoms with Gasteiger partial charge >= 0.3 is 0 Å². The molecule has 29 heavy (non-hydrogen) atoms. The summed E-state index contributed by atoms with van der Waals surface area (Å²) in [5, 5.41) is 17.6. The third kappa shape index (κ3) is 3.32. The van der Waals surface area contributed by atoms with E-state index in [9.17, 15) is 5.11 Å². The van der Waals surface area contributed by atoms with Gasteiger partial charge in [0, 0.05) is 25.6 Å². The van der Waals surface area contributed by atoms with E-state index in [1.54, 1.807) is 0 Å². The number of imidazole rings is 1. The van der Waals surface area contributed by atoms with Crippen LogP contribution in [-0.4, -0.2) is 61.8 Å². The maximum Gasteiger partial charge on any atom is 0.227 e. The van der Waals surface area contributed by atoms with Gasteiger partial charge in [-0.2, -0.15) is 9.97 Å². The lowest BCUT2D eigenvalue weighted by molar-refractivity contribution is 0.165. The lowest BCUT2D eigenvalue weighted by Gasteiger charge is -2.19. The van der Waals surface area contributed by atoms with Crippen molar-refractivity contribution in [2.45, 2.75) is 44.5 Å². The van der Waals surface area contributed by atoms with E-state index in [1.165, 1.54) is 5.56 Å². The standard InChI is InChI=1S/C21H27N7O/c1-3-28-12-22-18-19(23-14-8-9-27(2)11-14)25-21(26-20(18)28)24-17-15-7-5-4-6-13(15)10-16(17)29/h4-7,12,14,16-17,29H,3,8-11H2,1-2H3,(H2,23,24,25,26)/t14-,16-,17+/m0/s1. The number of aliphatic hydroxyl groups is 1. The monoisotopic (exact) mass is 393 g/mol. The fourth-order valence-electron chi connectivity index (χ4n) is 4.47. The Kier molecular flexibility index (Phi) is 4.60. The lowest BCUT2D eigenvalue weighted by atomic mass is 10.1. The minimum absolute atomic E-state index is 0.216. The van der Waals surface area contributed by atoms with Gasteiger partial charge in [0.2, 0.25) is 5.95 Å². The Morgan fingerprint density at radius 2 is 2.07 bits per heavy atom. The fraction of sp³-hybridized carbons (Fsp3) is 0.476. The van der Waals surface area contributed by atoms with Crippen molar-refractivity contribution < 1.29 is 5.11 Å². The van der Waals surface area contributed by atoms with Crippen LogP contribution in [0.1, 0.15) is 30.5 Å². The zero-order valence-electron chi connectivity index (χ0n) is 16.8. The Balaban J connectivity index is 1.50. The van der Waals surface area contributed by atoms with Crippen molar-refractivity contribution in [2.24, 2.45) is 0 Å². The summed E-state index contributed by atoms with van der Waals surface area (Å²) in [4.78, 5) is 16.4. The van der Waals surface area contributed by atoms with Gasteiger partial charge in [0.1, 0.15) is 0 Å². The van der Waals surface area contributed by atoms with Gasteiger partial charge in [-0.3, -0.25) is 0 Å². The quantitative estimate of drug-likeness (QED) is 0.611. The minimum atomic E-state index is -0.498. The van der Waals surface area contributed by atoms with E-state index >= 15 is 0 Å². The highest BCUT2D eigenvalue weighted by atomic mass is 16.3. The molecule has 1 aliphatic carbocycles. The van der Waals surface area contributed by atoms with Gasteiger partial charge in [-0.1, -0.05) is 24.3 Å². The van der Waals surface area contributed by atoms with Crippen LogP contribution in [0.4, 0.5) is 11.8 Å². The van der Waals surface area contributed by atoms with E-state index in [1.807, 2.05) is 23.0 Å². The van der Waals surface area contributed by atoms with Gasteiger partial charge < -0.3 is 25.2 Å². The molecule has 8 nitrogen and oxygen atoms in total. The van der Waals surface area contributed by atoms with Crippen LogP contribution in [0, 0.1) is 0 Å². The Hall–Kier alpha value is -2.71. The van der Waals surface area contributed by atoms with E-state index in [0.717, 1.165) is 48.6 Å². The third-order valence-corrected chi connectivity index (χ3v) is 6.03. The summed E-state index contributed by atoms with van der Waals surface area (Å²) in [6.45, 7) is 4.92. The van der Waals surface area contributed by atoms with Crippen molar-refractivity contribution in [3.63, 3.8) is 0 Å². The van der Waals surface area contributed by atoms with Crippen molar-refractivity contribution in [3.05, 3.63) is 41.7 Å². The van der Waals surface area contributed by atoms with Gasteiger partial charge in [-0.05, 0) is 38.1 Å². The fourth-order valence-corrected chi connectivity index (χ4v) is 4.47. The second kappa shape index (κ2) is 7.27. The number of nitrogens with one attached hydrogen (secondary N) is 2. The topological polar surface area (TPSA) is 91.1 Å². The van der Waals surface area contributed by atoms with Gasteiger partial charge in [0.15, 0.2) is 17.0 Å². The summed E-state index contributed by atoms with van der Waals surface area (Å²) < 4.78 is 2.02. The molecule has 2 aromatic heterocycles. The first kappa shape index (κ1) is 18.3. The zero-order valence-corrected chi connectivity index (χ0v) is 16.8. The maximum atomic E-state index is 10.6. The Labute approximate surface area is 170 Å². The second-order valence-corrected chi connectivity index (χ2v) is 8.08. The van der Waals surface area contributed by atoms with Crippen molar-refractivity contribution in [2.75, 3.05) is 30.8 Å². The molecule has 0 bridgehead atoms. The predicted octanol–water partition coefficient (Wildman–Crippen LogP) is 2.03. The van der Waals surface area contributed by atoms with Crippen LogP contribution < -0.4 is 10.6 Å². The summed E-state index contributed by atoms with van der Waals surface area (Å²) in [5.74, 6) is 1.27. The average molecular weight is 393 g/mol. The molecular formula is C21H27N7O. The molecule has 0 spiro atoms. The van der Waals surface area contributed by atoms with E-state index in [4.69, 9.17) is 9.97 Å². The number of likely N-dealkylation sites (N-methyl/N-ethyl adjacent to an activating group) is 1. The zero-order chi connectivity index (χ0) is 20.0. The molecule has 1 aromatic carbocycles. The Bertz CT molecular complexity index is 1030. The van der Waals surface area contributed by atoms with Crippen LogP contribution in [0.5, 0.6) is 0 Å². The number of aliphatic hydroxyl groups excluding tert-OH is 1. The van der Waals surface area contributed by atoms with Crippen molar-refractivity contribution >= 4 is 22.9 Å². The second-order valence-electron chi connectivity index (χ2n) is 8.08. The average Bonchev–Trinajstić information content (AvgIpc) is 3.40. The maximum absolute atomic E-state index is 10.6. The molecule has 5 rings (SSSR count). The van der Waals surface area contributed by atoms with Crippen LogP contribution in [0.2, 0.25) is 0 Å². The summed E-state index contributed by atoms with van der Waals surface area (Å²) in [5.41, 5.74) is 3.88. The highest BCUT2D eigenvalue weighted by Gasteiger charge is 2.31. The number of aromatic nitrogens is 4. The van der Waals surface area contributed by atoms with Crippen molar-refractivity contribution in [1.29, 1.82) is 0 Å². The molecule has 3 aromatic rings. The number of hydrogen-bond donors (Lipinski definition) is 3. The molecule has 3 N–H and O–H groups in total. The molecule has 2 aliphatic rings. The first-order valence-corrected chi connectivity index (χ1v) is 10.3. The number of likely N-dealkylation sites (tertiary alicyclic amines) is 1. The summed E-state index contributed by atoms with van der Waals surface area (Å²) in [6.07, 6.45) is 3.04. The highest BCUT2D eigenvalue weighted by Crippen LogP contribution is 2.34. The lowest BCUT2D eigenvalue weighted by Crippen LogP contribution is -2.25. The summed E-state index contributed by atoms with van der Waals surface area (Å²) in [6, 6.07) is 8.27. The Morgan fingerprint density at radius 3 is 2.86 bits per heavy atom. The van der Waals surface area contributed by atoms with E-state index in [0.29, 0.717) is 18.4 Å². The first-order valence-electron chi connectivity index (χ1n) is 10.3. The molecule has 8 heteroatoms. The van der Waals surface area contributed by atoms with Crippen LogP contribution in [0.15, 0.2) is 30.6 Å². The van der Waals surface area contributed by atoms with Gasteiger partial charge in [0.05, 0.1) is 18.5 Å². The Morgan fingerprint density at radius 1 is 1.21 bits per heavy atom. The third-order valence-electron chi connectivity index (χ3n) is 6.03. The van der Waals surface area contributed by atoms with Crippen molar-refractivity contribution in [1.82, 2.24) is 24.4 Å². The number of fused-ring (bicyclic) bond motifs is 2. The van der Waals surface area contributed by atoms with Crippen LogP contribution >= 0.6 is 0 Å². The van der Waals surface area contributed by atoms with E-state index < -0.39 is 6.10 Å². The number of nitrogens with zero attached hydrogens (tertiary/aromatic N) is 5. The molecule has 152 valence electrons. The number of hydrogen-bond acceptors (Lipinski definition) is 7. The molecule has 1 saturated heterocycles.